The first-order chi connectivity index (χ1) is 11.9. The molecule has 1 aliphatic rings. The van der Waals surface area contributed by atoms with E-state index in [0.29, 0.717) is 29.7 Å². The minimum absolute atomic E-state index is 0.161. The Morgan fingerprint density at radius 2 is 1.58 bits per heavy atom. The summed E-state index contributed by atoms with van der Waals surface area (Å²) in [7, 11) is 0. The van der Waals surface area contributed by atoms with Crippen molar-refractivity contribution in [3.05, 3.63) is 16.0 Å². The molecule has 0 saturated heterocycles. The Hall–Kier alpha value is -1.83. The lowest BCUT2D eigenvalue weighted by Gasteiger charge is -2.26. The van der Waals surface area contributed by atoms with Gasteiger partial charge in [0.2, 0.25) is 0 Å². The van der Waals surface area contributed by atoms with Crippen LogP contribution in [0.1, 0.15) is 41.7 Å². The van der Waals surface area contributed by atoms with Gasteiger partial charge in [0, 0.05) is 4.88 Å². The van der Waals surface area contributed by atoms with Gasteiger partial charge in [-0.25, -0.2) is 0 Å². The molecule has 2 rings (SSSR count). The van der Waals surface area contributed by atoms with E-state index in [4.69, 9.17) is 0 Å². The maximum absolute atomic E-state index is 13.5. The summed E-state index contributed by atoms with van der Waals surface area (Å²) in [5, 5.41) is 10.2. The molecule has 0 aromatic carbocycles. The van der Waals surface area contributed by atoms with Crippen LogP contribution in [-0.4, -0.2) is 23.9 Å². The van der Waals surface area contributed by atoms with Crippen molar-refractivity contribution in [1.29, 1.82) is 5.26 Å². The summed E-state index contributed by atoms with van der Waals surface area (Å²) in [6.45, 7) is 0. The highest BCUT2D eigenvalue weighted by Gasteiger charge is 2.76. The third-order valence-electron chi connectivity index (χ3n) is 4.05. The van der Waals surface area contributed by atoms with Gasteiger partial charge >= 0.3 is 23.9 Å². The van der Waals surface area contributed by atoms with E-state index in [1.165, 1.54) is 5.32 Å². The number of amides is 1. The second-order valence-corrected chi connectivity index (χ2v) is 6.94. The number of hydrogen-bond donors (Lipinski definition) is 1. The molecule has 1 heterocycles. The van der Waals surface area contributed by atoms with E-state index in [0.717, 1.165) is 30.6 Å². The quantitative estimate of drug-likeness (QED) is 0.720. The molecule has 1 amide bonds. The fourth-order valence-electron chi connectivity index (χ4n) is 2.63. The van der Waals surface area contributed by atoms with Gasteiger partial charge in [0.25, 0.3) is 0 Å². The van der Waals surface area contributed by atoms with Crippen molar-refractivity contribution in [3.63, 3.8) is 0 Å². The highest BCUT2D eigenvalue weighted by atomic mass is 32.1. The number of rotatable bonds is 3. The van der Waals surface area contributed by atoms with Crippen LogP contribution in [0.5, 0.6) is 0 Å². The minimum atomic E-state index is -6.60. The lowest BCUT2D eigenvalue weighted by Crippen LogP contribution is -2.57. The first kappa shape index (κ1) is 20.5. The van der Waals surface area contributed by atoms with Gasteiger partial charge in [-0.2, -0.15) is 36.0 Å². The Kier molecular flexibility index (Phi) is 5.56. The van der Waals surface area contributed by atoms with Gasteiger partial charge in [-0.3, -0.25) is 4.79 Å². The molecule has 144 valence electrons. The van der Waals surface area contributed by atoms with Crippen molar-refractivity contribution in [1.82, 2.24) is 0 Å². The van der Waals surface area contributed by atoms with Crippen molar-refractivity contribution < 1.29 is 35.5 Å². The fourth-order valence-corrected chi connectivity index (χ4v) is 3.86. The van der Waals surface area contributed by atoms with E-state index in [2.05, 4.69) is 0 Å². The Morgan fingerprint density at radius 1 is 1.00 bits per heavy atom. The zero-order valence-electron chi connectivity index (χ0n) is 13.2. The van der Waals surface area contributed by atoms with E-state index >= 15 is 0 Å². The normalized spacial score (nSPS) is 16.2. The molecule has 1 aliphatic carbocycles. The van der Waals surface area contributed by atoms with Crippen LogP contribution in [0.2, 0.25) is 0 Å². The van der Waals surface area contributed by atoms with Crippen LogP contribution in [0.4, 0.5) is 35.7 Å². The third kappa shape index (κ3) is 3.51. The second-order valence-electron chi connectivity index (χ2n) is 5.83. The molecule has 0 unspecified atom stereocenters. The van der Waals surface area contributed by atoms with Crippen LogP contribution in [0, 0.1) is 11.3 Å². The van der Waals surface area contributed by atoms with Gasteiger partial charge in [0.05, 0.1) is 5.56 Å². The number of fused-ring (bicyclic) bond motifs is 1. The molecule has 1 N–H and O–H groups in total. The Bertz CT molecular complexity index is 734. The molecule has 0 bridgehead atoms. The van der Waals surface area contributed by atoms with Crippen LogP contribution in [0.25, 0.3) is 0 Å². The fraction of sp³-hybridized carbons (Fsp3) is 0.600. The number of halogens is 7. The van der Waals surface area contributed by atoms with E-state index in [1.54, 1.807) is 6.07 Å². The predicted octanol–water partition coefficient (Wildman–Crippen LogP) is 5.05. The summed E-state index contributed by atoms with van der Waals surface area (Å²) in [6, 6.07) is 1.72. The lowest BCUT2D eigenvalue weighted by atomic mass is 9.97. The molecule has 0 fully saturated rings. The van der Waals surface area contributed by atoms with E-state index in [1.807, 2.05) is 0 Å². The third-order valence-corrected chi connectivity index (χ3v) is 5.25. The Balaban J connectivity index is 2.35. The monoisotopic (exact) mass is 402 g/mol. The molecular formula is C15H13F7N2OS. The summed E-state index contributed by atoms with van der Waals surface area (Å²) in [6.07, 6.45) is -2.37. The van der Waals surface area contributed by atoms with Crippen LogP contribution in [0.15, 0.2) is 0 Å². The number of carbonyl (C=O) groups excluding carboxylic acids is 1. The molecule has 0 spiro atoms. The maximum Gasteiger partial charge on any atom is 0.460 e. The van der Waals surface area contributed by atoms with Crippen LogP contribution in [-0.2, 0) is 17.6 Å². The molecule has 0 atom stereocenters. The number of aryl methyl sites for hydroxylation is 1. The smallest absolute Gasteiger partial charge is 0.311 e. The number of carbonyl (C=O) groups is 1. The summed E-state index contributed by atoms with van der Waals surface area (Å²) in [4.78, 5) is 12.1. The molecule has 1 aromatic rings. The van der Waals surface area contributed by atoms with Gasteiger partial charge in [0.1, 0.15) is 11.1 Å². The van der Waals surface area contributed by atoms with Crippen LogP contribution < -0.4 is 5.32 Å². The number of nitriles is 1. The molecule has 26 heavy (non-hydrogen) atoms. The zero-order chi connectivity index (χ0) is 19.8. The minimum Gasteiger partial charge on any atom is -0.311 e. The number of anilines is 1. The maximum atomic E-state index is 13.5. The highest BCUT2D eigenvalue weighted by Crippen LogP contribution is 2.47. The summed E-state index contributed by atoms with van der Waals surface area (Å²) < 4.78 is 89.5. The average molecular weight is 402 g/mol. The molecule has 1 aromatic heterocycles. The standard InChI is InChI=1S/C15H13F7N2OS/c16-13(17,14(18,19)15(20,21)22)12(25)24-11-9(7-23)8-5-3-1-2-4-6-10(8)26-11/h1-6H2,(H,24,25). The van der Waals surface area contributed by atoms with E-state index in [9.17, 15) is 40.8 Å². The van der Waals surface area contributed by atoms with E-state index < -0.39 is 28.9 Å². The van der Waals surface area contributed by atoms with Gasteiger partial charge in [0.15, 0.2) is 0 Å². The first-order valence-corrected chi connectivity index (χ1v) is 8.43. The number of nitrogens with one attached hydrogen (secondary N) is 1. The van der Waals surface area contributed by atoms with E-state index in [-0.39, 0.29) is 5.56 Å². The topological polar surface area (TPSA) is 52.9 Å². The summed E-state index contributed by atoms with van der Waals surface area (Å²) >= 11 is 0.758. The molecular weight excluding hydrogens is 389 g/mol. The SMILES string of the molecule is N#Cc1c(NC(=O)C(F)(F)C(F)(F)C(F)(F)F)sc2c1CCCCCC2. The Morgan fingerprint density at radius 3 is 2.12 bits per heavy atom. The number of thiophene rings is 1. The second kappa shape index (κ2) is 7.06. The molecule has 0 saturated carbocycles. The Labute approximate surface area is 147 Å². The van der Waals surface area contributed by atoms with Gasteiger partial charge in [-0.15, -0.1) is 11.3 Å². The van der Waals surface area contributed by atoms with Crippen molar-refractivity contribution in [2.75, 3.05) is 5.32 Å². The predicted molar refractivity (Wildman–Crippen MR) is 79.5 cm³/mol. The summed E-state index contributed by atoms with van der Waals surface area (Å²) in [5.41, 5.74) is 0.366. The number of nitrogens with zero attached hydrogens (tertiary/aromatic N) is 1. The number of hydrogen-bond acceptors (Lipinski definition) is 3. The number of alkyl halides is 7. The molecule has 3 nitrogen and oxygen atoms in total. The molecule has 11 heteroatoms. The van der Waals surface area contributed by atoms with Gasteiger partial charge in [-0.1, -0.05) is 12.8 Å². The zero-order valence-corrected chi connectivity index (χ0v) is 14.0. The molecule has 0 radical (unpaired) electrons. The largest absolute Gasteiger partial charge is 0.460 e. The average Bonchev–Trinajstić information content (AvgIpc) is 2.81. The van der Waals surface area contributed by atoms with Crippen molar-refractivity contribution in [2.45, 2.75) is 56.5 Å². The molecule has 0 aliphatic heterocycles. The van der Waals surface area contributed by atoms with Crippen molar-refractivity contribution in [2.24, 2.45) is 0 Å². The summed E-state index contributed by atoms with van der Waals surface area (Å²) in [5.74, 6) is -15.4. The van der Waals surface area contributed by atoms with Gasteiger partial charge in [-0.05, 0) is 31.2 Å². The van der Waals surface area contributed by atoms with Crippen LogP contribution >= 0.6 is 11.3 Å². The van der Waals surface area contributed by atoms with Crippen molar-refractivity contribution in [3.8, 4) is 6.07 Å². The lowest BCUT2D eigenvalue weighted by molar-refractivity contribution is -0.343. The first-order valence-electron chi connectivity index (χ1n) is 7.62. The van der Waals surface area contributed by atoms with Crippen molar-refractivity contribution >= 4 is 22.2 Å². The highest BCUT2D eigenvalue weighted by molar-refractivity contribution is 7.16. The van der Waals surface area contributed by atoms with Gasteiger partial charge < -0.3 is 5.32 Å². The van der Waals surface area contributed by atoms with Crippen LogP contribution in [0.3, 0.4) is 0 Å².